The first-order valence-electron chi connectivity index (χ1n) is 9.23. The number of benzene rings is 2. The third kappa shape index (κ3) is 9.75. The van der Waals surface area contributed by atoms with Crippen LogP contribution in [0.3, 0.4) is 0 Å². The van der Waals surface area contributed by atoms with Crippen molar-refractivity contribution in [2.75, 3.05) is 14.2 Å². The quantitative estimate of drug-likeness (QED) is 0.167. The zero-order valence-corrected chi connectivity index (χ0v) is 29.0. The van der Waals surface area contributed by atoms with Crippen LogP contribution in [0.4, 0.5) is 0 Å². The molecule has 4 aromatic rings. The maximum absolute atomic E-state index is 5.78. The van der Waals surface area contributed by atoms with E-state index < -0.39 is 0 Å². The second-order valence-corrected chi connectivity index (χ2v) is 17.5. The number of methoxy groups -OCH3 is 1. The van der Waals surface area contributed by atoms with E-state index in [4.69, 9.17) is 22.4 Å². The molecule has 2 aromatic heterocycles. The summed E-state index contributed by atoms with van der Waals surface area (Å²) >= 11 is 14.0. The Hall–Kier alpha value is 1.07. The van der Waals surface area contributed by atoms with Crippen molar-refractivity contribution in [1.29, 1.82) is 0 Å². The predicted molar refractivity (Wildman–Crippen MR) is 159 cm³/mol. The molecule has 4 rings (SSSR count). The van der Waals surface area contributed by atoms with E-state index in [1.165, 1.54) is 21.8 Å². The van der Waals surface area contributed by atoms with Crippen LogP contribution in [0.25, 0.3) is 22.1 Å². The molecule has 2 radical (unpaired) electrons. The van der Waals surface area contributed by atoms with Crippen molar-refractivity contribution in [3.05, 3.63) is 60.2 Å². The molecule has 0 aliphatic heterocycles. The Kier molecular flexibility index (Phi) is 17.9. The van der Waals surface area contributed by atoms with E-state index in [1.807, 2.05) is 72.9 Å². The van der Waals surface area contributed by atoms with Crippen LogP contribution in [-0.2, 0) is 45.3 Å². The van der Waals surface area contributed by atoms with E-state index in [2.05, 4.69) is 82.8 Å². The van der Waals surface area contributed by atoms with Crippen molar-refractivity contribution in [3.63, 3.8) is 0 Å². The number of aromatic nitrogens is 4. The first kappa shape index (κ1) is 33.1. The van der Waals surface area contributed by atoms with Gasteiger partial charge in [0.25, 0.3) is 0 Å². The number of halogens is 5. The average molecular weight is 923 g/mol. The number of rotatable bonds is 4. The van der Waals surface area contributed by atoms with E-state index in [0.717, 1.165) is 33.7 Å². The van der Waals surface area contributed by atoms with Gasteiger partial charge in [0, 0.05) is 28.3 Å². The molecule has 0 atom stereocenters. The number of hydrogen-bond donors (Lipinski definition) is 0. The molecular weight excluding hydrogens is 902 g/mol. The molecule has 15 heteroatoms. The van der Waals surface area contributed by atoms with E-state index in [9.17, 15) is 0 Å². The van der Waals surface area contributed by atoms with Crippen LogP contribution in [-0.4, -0.2) is 45.7 Å². The summed E-state index contributed by atoms with van der Waals surface area (Å²) in [6.07, 6.45) is -0.315. The normalized spacial score (nSPS) is 10.4. The molecule has 190 valence electrons. The van der Waals surface area contributed by atoms with E-state index in [-0.39, 0.29) is 10.8 Å². The summed E-state index contributed by atoms with van der Waals surface area (Å²) in [7, 11) is 14.8. The number of aryl methyl sites for hydroxylation is 2. The van der Waals surface area contributed by atoms with Crippen LogP contribution in [0, 0.1) is 0 Å². The average Bonchev–Trinajstić information content (AvgIpc) is 3.34. The number of ether oxygens (including phenoxy) is 1. The molecule has 0 saturated heterocycles. The molecule has 2 aromatic carbocycles. The molecule has 2 heterocycles. The van der Waals surface area contributed by atoms with Gasteiger partial charge in [0.05, 0.1) is 29.8 Å². The summed E-state index contributed by atoms with van der Waals surface area (Å²) < 4.78 is 14.3. The van der Waals surface area contributed by atoms with Gasteiger partial charge in [-0.3, -0.25) is 0 Å². The van der Waals surface area contributed by atoms with Gasteiger partial charge in [-0.25, -0.2) is 9.97 Å². The summed E-state index contributed by atoms with van der Waals surface area (Å²) in [6, 6.07) is 16.2. The van der Waals surface area contributed by atoms with Crippen LogP contribution in [0.2, 0.25) is 0 Å². The van der Waals surface area contributed by atoms with Gasteiger partial charge in [-0.15, -0.1) is 22.4 Å². The topological polar surface area (TPSA) is 54.1 Å². The minimum atomic E-state index is -0.315. The first-order chi connectivity index (χ1) is 16.3. The Labute approximate surface area is 255 Å². The Morgan fingerprint density at radius 2 is 1.18 bits per heavy atom. The molecule has 0 aliphatic rings. The summed E-state index contributed by atoms with van der Waals surface area (Å²) in [5.74, 6) is 1.71. The summed E-state index contributed by atoms with van der Waals surface area (Å²) in [4.78, 5) is 9.51. The van der Waals surface area contributed by atoms with Gasteiger partial charge in [0.1, 0.15) is 11.6 Å². The van der Waals surface area contributed by atoms with Crippen molar-refractivity contribution in [1.82, 2.24) is 19.1 Å². The van der Waals surface area contributed by atoms with E-state index in [0.29, 0.717) is 0 Å². The third-order valence-corrected chi connectivity index (χ3v) is 5.08. The maximum atomic E-state index is 5.78. The molecule has 0 saturated carbocycles. The van der Waals surface area contributed by atoms with Gasteiger partial charge in [-0.2, -0.15) is 0 Å². The van der Waals surface area contributed by atoms with Crippen molar-refractivity contribution in [2.45, 2.75) is 6.10 Å². The van der Waals surface area contributed by atoms with Crippen LogP contribution >= 0.6 is 79.3 Å². The summed E-state index contributed by atoms with van der Waals surface area (Å²) in [5, 5.41) is 0. The van der Waals surface area contributed by atoms with Gasteiger partial charge in [-0.05, 0) is 24.3 Å². The number of nitrogens with zero attached hydrogens (tertiary/aromatic N) is 4. The number of hydrogen-bond acceptors (Lipinski definition) is 4. The molecule has 0 unspecified atom stereocenters. The number of para-hydroxylation sites is 4. The molecule has 34 heavy (non-hydrogen) atoms. The van der Waals surface area contributed by atoms with Crippen LogP contribution in [0.15, 0.2) is 48.5 Å². The SMILES string of the molecule is COC(c1nc2ccccc2n1C)c1nc2ccccc2n1C.[B]B(I)OC.[Br][Ni][Br].[Br][Ni][Br]. The zero-order valence-electron chi connectivity index (χ0n) is 18.5. The fourth-order valence-corrected chi connectivity index (χ4v) is 3.12. The molecule has 0 aliphatic carbocycles. The van der Waals surface area contributed by atoms with Gasteiger partial charge in [-0.1, -0.05) is 24.3 Å². The van der Waals surface area contributed by atoms with Gasteiger partial charge in [0.2, 0.25) is 0 Å². The standard InChI is InChI=1S/C18H18N4O.CH3B2IO.4BrH.2Ni/c1-21-14-10-6-4-8-12(14)19-17(21)16(23-3)18-20-13-9-5-7-11-15(13)22(18)2;1-5-3(2)4;;;;;;/h4-11,16H,1-3H3;1H3;4*1H;;/q;;;;;;2*+2/p-4. The summed E-state index contributed by atoms with van der Waals surface area (Å²) in [5.41, 5.74) is 4.10. The Morgan fingerprint density at radius 1 is 0.853 bits per heavy atom. The fourth-order valence-electron chi connectivity index (χ4n) is 3.12. The Bertz CT molecular complexity index is 1060. The van der Waals surface area contributed by atoms with Crippen molar-refractivity contribution < 1.29 is 31.2 Å². The second-order valence-electron chi connectivity index (χ2n) is 6.33. The number of imidazole rings is 2. The second kappa shape index (κ2) is 18.3. The molecule has 0 amide bonds. The third-order valence-electron chi connectivity index (χ3n) is 4.57. The minimum absolute atomic E-state index is 0.146. The first-order valence-corrected chi connectivity index (χ1v) is 20.2. The van der Waals surface area contributed by atoms with Gasteiger partial charge in [0.15, 0.2) is 6.10 Å². The van der Waals surface area contributed by atoms with Crippen molar-refractivity contribution >= 4 is 114 Å². The molecule has 0 spiro atoms. The van der Waals surface area contributed by atoms with Crippen molar-refractivity contribution in [3.8, 4) is 0 Å². The zero-order chi connectivity index (χ0) is 25.7. The fraction of sp³-hybridized carbons (Fsp3) is 0.263. The van der Waals surface area contributed by atoms with Crippen LogP contribution in [0.1, 0.15) is 17.8 Å². The molecule has 0 fully saturated rings. The van der Waals surface area contributed by atoms with Crippen LogP contribution < -0.4 is 0 Å². The molecule has 0 N–H and O–H groups in total. The monoisotopic (exact) mass is 918 g/mol. The van der Waals surface area contributed by atoms with E-state index in [1.54, 1.807) is 14.2 Å². The molecule has 6 nitrogen and oxygen atoms in total. The predicted octanol–water partition coefficient (Wildman–Crippen LogP) is 6.79. The van der Waals surface area contributed by atoms with E-state index >= 15 is 0 Å². The van der Waals surface area contributed by atoms with Crippen LogP contribution in [0.5, 0.6) is 0 Å². The molecular formula is C19H21B2Br4IN4Ni2O2. The summed E-state index contributed by atoms with van der Waals surface area (Å²) in [6.45, 7) is 0. The molecule has 0 bridgehead atoms. The van der Waals surface area contributed by atoms with Gasteiger partial charge >= 0.3 is 83.4 Å². The Morgan fingerprint density at radius 3 is 1.44 bits per heavy atom. The Balaban J connectivity index is 0.000000447. The number of fused-ring (bicyclic) bond motifs is 2. The van der Waals surface area contributed by atoms with Crippen molar-refractivity contribution in [2.24, 2.45) is 14.1 Å². The van der Waals surface area contributed by atoms with Gasteiger partial charge < -0.3 is 18.5 Å².